The monoisotopic (exact) mass is 1850 g/mol. The molecule has 0 spiro atoms. The summed E-state index contributed by atoms with van der Waals surface area (Å²) < 4.78 is 49.8. The Bertz CT molecular complexity index is 3610. The zero-order chi connectivity index (χ0) is 99.6. The van der Waals surface area contributed by atoms with Gasteiger partial charge in [-0.05, 0) is 153 Å². The van der Waals surface area contributed by atoms with Crippen molar-refractivity contribution in [3.05, 3.63) is 65.2 Å². The van der Waals surface area contributed by atoms with E-state index in [1.165, 1.54) is 62.4 Å². The predicted molar refractivity (Wildman–Crippen MR) is 480 cm³/mol. The molecule has 742 valence electrons. The van der Waals surface area contributed by atoms with Gasteiger partial charge in [0.1, 0.15) is 52.0 Å². The van der Waals surface area contributed by atoms with E-state index in [1.807, 2.05) is 76.2 Å². The number of benzene rings is 2. The fourth-order valence-corrected chi connectivity index (χ4v) is 10.2. The van der Waals surface area contributed by atoms with Crippen LogP contribution in [0.2, 0.25) is 0 Å². The molecule has 0 heterocycles. The lowest BCUT2D eigenvalue weighted by molar-refractivity contribution is -0.163. The molecule has 1 aliphatic carbocycles. The first kappa shape index (κ1) is 126. The number of hydrogen-bond acceptors (Lipinski definition) is 27. The molecule has 1 aliphatic rings. The zero-order valence-corrected chi connectivity index (χ0v) is 79.8. The molecular formula is C95H153NO34. The molecule has 1 fully saturated rings. The van der Waals surface area contributed by atoms with Crippen LogP contribution in [0, 0.1) is 52.3 Å². The van der Waals surface area contributed by atoms with Crippen LogP contribution in [0.4, 0.5) is 0 Å². The lowest BCUT2D eigenvalue weighted by atomic mass is 9.79. The van der Waals surface area contributed by atoms with Crippen LogP contribution in [0.3, 0.4) is 0 Å². The highest BCUT2D eigenvalue weighted by molar-refractivity contribution is 6.02. The third kappa shape index (κ3) is 66.6. The number of hydrogen-bond donors (Lipinski definition) is 8. The fourth-order valence-electron chi connectivity index (χ4n) is 10.2. The summed E-state index contributed by atoms with van der Waals surface area (Å²) in [6.45, 7) is 31.8. The van der Waals surface area contributed by atoms with Gasteiger partial charge >= 0.3 is 95.5 Å². The van der Waals surface area contributed by atoms with Crippen LogP contribution in [0.1, 0.15) is 334 Å². The zero-order valence-electron chi connectivity index (χ0n) is 79.8. The molecule has 2 aromatic rings. The number of carboxylic acids is 7. The van der Waals surface area contributed by atoms with Crippen LogP contribution in [0.5, 0.6) is 5.75 Å². The lowest BCUT2D eigenvalue weighted by Crippen LogP contribution is -2.36. The molecule has 130 heavy (non-hydrogen) atoms. The molecule has 3 rings (SSSR count). The number of aromatic carboxylic acids is 2. The van der Waals surface area contributed by atoms with Gasteiger partial charge in [-0.1, -0.05) is 167 Å². The maximum atomic E-state index is 11.9. The van der Waals surface area contributed by atoms with E-state index in [-0.39, 0.29) is 165 Å². The standard InChI is InChI=1S/C18H35NO3.C16H20O6.C16H22O5.C15H24O6.C11H18O6.C11H20O4.C8H14O4/c1-4-18(2,3)17(22)19-15-13-11-9-7-5-6-8-10-12-14-16(20)21;1-4-16(2,3)15(20)22-10-9-21-14(19)12-8-6-5-7-11(12)13(17)18;1-3-12(2)16(19)21-11-5-4-10-20-14-8-6-13(7-9-14)15(17)18;1-3-10(2)14(18)20-8-9-21-15(19)12-7-5-4-6-11(12)13(16)17;1-3-8(2)11(15)17-7-6-16-10(14)5-4-9(12)13;1-3-9(2)11(14)15-8-6-4-5-7-10(12)13;1-3-6(2)8(11)12-5-4-7(9)10/h4-15H2,1-3H3,(H,19,22)(H,20,21);5-8H,4,9-10H2,1-3H3,(H,17,18);6-9,12H,3-5,10-11H2,1-2H3,(H,17,18);10-12H,3-9H2,1-2H3,(H,16,17);8H,3-7H2,1-2H3,(H,12,13);9H,3-8H2,1-2H3,(H,12,13);6H,3-5H2,1-2H3,(H,9,10). The average Bonchev–Trinajstić information content (AvgIpc) is 0.852. The lowest BCUT2D eigenvalue weighted by Gasteiger charge is -2.26. The van der Waals surface area contributed by atoms with Gasteiger partial charge in [0.15, 0.2) is 0 Å². The molecule has 1 saturated carbocycles. The molecule has 7 atom stereocenters. The van der Waals surface area contributed by atoms with Crippen molar-refractivity contribution in [3.8, 4) is 5.75 Å². The van der Waals surface area contributed by atoms with E-state index >= 15 is 0 Å². The second-order valence-electron chi connectivity index (χ2n) is 32.4. The van der Waals surface area contributed by atoms with E-state index in [0.717, 1.165) is 90.0 Å². The third-order valence-corrected chi connectivity index (χ3v) is 20.9. The first-order valence-electron chi connectivity index (χ1n) is 45.5. The molecule has 7 unspecified atom stereocenters. The van der Waals surface area contributed by atoms with Gasteiger partial charge in [0.2, 0.25) is 5.91 Å². The Morgan fingerprint density at radius 2 is 0.715 bits per heavy atom. The first-order valence-corrected chi connectivity index (χ1v) is 45.5. The van der Waals surface area contributed by atoms with Gasteiger partial charge in [0, 0.05) is 24.8 Å². The van der Waals surface area contributed by atoms with Crippen molar-refractivity contribution in [1.82, 2.24) is 5.32 Å². The van der Waals surface area contributed by atoms with Crippen LogP contribution >= 0.6 is 0 Å². The van der Waals surface area contributed by atoms with Gasteiger partial charge in [-0.2, -0.15) is 0 Å². The number of aliphatic carboxylic acids is 5. The molecule has 0 aromatic heterocycles. The minimum atomic E-state index is -1.20. The molecule has 2 aromatic carbocycles. The number of amides is 1. The number of ether oxygens (including phenoxy) is 10. The van der Waals surface area contributed by atoms with Crippen molar-refractivity contribution in [2.24, 2.45) is 52.3 Å². The van der Waals surface area contributed by atoms with Crippen LogP contribution in [0.15, 0.2) is 48.5 Å². The second-order valence-corrected chi connectivity index (χ2v) is 32.4. The molecule has 0 aliphatic heterocycles. The predicted octanol–water partition coefficient (Wildman–Crippen LogP) is 16.4. The van der Waals surface area contributed by atoms with Crippen molar-refractivity contribution < 1.29 is 165 Å². The normalized spacial score (nSPS) is 13.4. The molecule has 35 nitrogen and oxygen atoms in total. The van der Waals surface area contributed by atoms with E-state index in [0.29, 0.717) is 76.9 Å². The van der Waals surface area contributed by atoms with Crippen molar-refractivity contribution in [2.75, 3.05) is 72.6 Å². The number of rotatable bonds is 58. The van der Waals surface area contributed by atoms with Gasteiger partial charge in [-0.25, -0.2) is 14.4 Å². The van der Waals surface area contributed by atoms with Crippen LogP contribution in [0.25, 0.3) is 0 Å². The Hall–Kier alpha value is -10.8. The summed E-state index contributed by atoms with van der Waals surface area (Å²) >= 11 is 0. The van der Waals surface area contributed by atoms with Gasteiger partial charge in [-0.15, -0.1) is 0 Å². The Morgan fingerprint density at radius 3 is 1.13 bits per heavy atom. The molecule has 8 N–H and O–H groups in total. The van der Waals surface area contributed by atoms with E-state index in [4.69, 9.17) is 73.6 Å². The Balaban J connectivity index is -0.000000718. The summed E-state index contributed by atoms with van der Waals surface area (Å²) in [5.74, 6) is -11.1. The molecule has 35 heteroatoms. The van der Waals surface area contributed by atoms with E-state index < -0.39 is 76.9 Å². The van der Waals surface area contributed by atoms with Crippen LogP contribution < -0.4 is 10.1 Å². The fraction of sp³-hybridized carbons (Fsp3) is 0.695. The average molecular weight is 1850 g/mol. The summed E-state index contributed by atoms with van der Waals surface area (Å²) in [6, 6.07) is 12.0. The maximum Gasteiger partial charge on any atom is 0.339 e. The Morgan fingerprint density at radius 1 is 0.354 bits per heavy atom. The maximum absolute atomic E-state index is 11.9. The summed E-state index contributed by atoms with van der Waals surface area (Å²) in [6.07, 6.45) is 21.7. The molecule has 0 saturated heterocycles. The first-order chi connectivity index (χ1) is 61.3. The third-order valence-electron chi connectivity index (χ3n) is 20.9. The largest absolute Gasteiger partial charge is 0.494 e. The summed E-state index contributed by atoms with van der Waals surface area (Å²) in [4.78, 5) is 188. The number of nitrogens with one attached hydrogen (secondary N) is 1. The second kappa shape index (κ2) is 77.0. The highest BCUT2D eigenvalue weighted by atomic mass is 16.6. The summed E-state index contributed by atoms with van der Waals surface area (Å²) in [7, 11) is 0. The minimum Gasteiger partial charge on any atom is -0.494 e. The van der Waals surface area contributed by atoms with E-state index in [9.17, 15) is 81.5 Å². The Kier molecular flexibility index (Phi) is 74.4. The molecule has 0 bridgehead atoms. The number of unbranched alkanes of at least 4 members (excludes halogenated alkanes) is 11. The minimum absolute atomic E-state index is 0.00197. The summed E-state index contributed by atoms with van der Waals surface area (Å²) in [5.41, 5.74) is -0.758. The molecular weight excluding hydrogens is 1700 g/mol. The van der Waals surface area contributed by atoms with E-state index in [1.54, 1.807) is 52.8 Å². The number of carboxylic acid groups (broad SMARTS) is 7. The smallest absolute Gasteiger partial charge is 0.339 e. The SMILES string of the molecule is CCC(C)(C)C(=O)NCCCCCCCCCCCC(=O)O.CCC(C)(C)C(=O)OCCOC(=O)c1ccccc1C(=O)O.CCC(C)C(=O)OCCC(=O)O.CCC(C)C(=O)OCCCCCC(=O)O.CCC(C)C(=O)OCCCCOc1ccc(C(=O)O)cc1.CCC(C)C(=O)OCCOC(=O)C1CCCCC1C(=O)O.CCC(C)C(=O)OCCOC(=O)CCC(=O)O. The summed E-state index contributed by atoms with van der Waals surface area (Å²) in [5, 5.41) is 63.4. The highest BCUT2D eigenvalue weighted by Gasteiger charge is 2.37. The van der Waals surface area contributed by atoms with Crippen LogP contribution in [-0.2, 0) is 110 Å². The van der Waals surface area contributed by atoms with Crippen molar-refractivity contribution in [3.63, 3.8) is 0 Å². The van der Waals surface area contributed by atoms with Crippen molar-refractivity contribution >= 4 is 101 Å². The quantitative estimate of drug-likeness (QED) is 0.0173. The van der Waals surface area contributed by atoms with Crippen LogP contribution in [-0.4, -0.2) is 210 Å². The highest BCUT2D eigenvalue weighted by Crippen LogP contribution is 2.32. The molecule has 0 radical (unpaired) electrons. The topological polar surface area (TPSA) is 536 Å². The van der Waals surface area contributed by atoms with E-state index in [2.05, 4.69) is 14.8 Å². The van der Waals surface area contributed by atoms with Gasteiger partial charge in [-0.3, -0.25) is 67.1 Å². The van der Waals surface area contributed by atoms with Crippen molar-refractivity contribution in [1.29, 1.82) is 0 Å². The van der Waals surface area contributed by atoms with Crippen molar-refractivity contribution in [2.45, 2.75) is 303 Å². The Labute approximate surface area is 767 Å². The van der Waals surface area contributed by atoms with Gasteiger partial charge in [0.25, 0.3) is 0 Å². The number of carbonyl (C=O) groups is 17. The molecule has 1 amide bonds. The van der Waals surface area contributed by atoms with Gasteiger partial charge in [0.05, 0.1) is 103 Å². The number of carbonyl (C=O) groups excluding carboxylic acids is 10. The van der Waals surface area contributed by atoms with Gasteiger partial charge < -0.3 is 88.4 Å². The number of esters is 9.